The fourth-order valence-electron chi connectivity index (χ4n) is 4.25. The first-order valence-electron chi connectivity index (χ1n) is 11.3. The van der Waals surface area contributed by atoms with E-state index < -0.39 is 0 Å². The Kier molecular flexibility index (Phi) is 6.61. The second-order valence-corrected chi connectivity index (χ2v) is 9.53. The van der Waals surface area contributed by atoms with Crippen LogP contribution >= 0.6 is 0 Å². The van der Waals surface area contributed by atoms with E-state index in [0.717, 1.165) is 44.2 Å². The average Bonchev–Trinajstić information content (AvgIpc) is 3.26. The van der Waals surface area contributed by atoms with Gasteiger partial charge in [-0.15, -0.1) is 0 Å². The highest BCUT2D eigenvalue weighted by atomic mass is 15.3. The molecule has 0 radical (unpaired) electrons. The van der Waals surface area contributed by atoms with Crippen molar-refractivity contribution in [3.8, 4) is 0 Å². The molecule has 2 aromatic carbocycles. The van der Waals surface area contributed by atoms with Crippen LogP contribution in [0.15, 0.2) is 67.0 Å². The number of rotatable bonds is 7. The first-order valence-corrected chi connectivity index (χ1v) is 11.3. The number of nitrogens with zero attached hydrogens (tertiary/aromatic N) is 4. The van der Waals surface area contributed by atoms with Crippen LogP contribution in [0.3, 0.4) is 0 Å². The van der Waals surface area contributed by atoms with Gasteiger partial charge in [-0.05, 0) is 38.3 Å². The number of benzene rings is 2. The number of hydrogen-bond donors (Lipinski definition) is 2. The summed E-state index contributed by atoms with van der Waals surface area (Å²) in [4.78, 5) is 13.8. The normalized spacial score (nSPS) is 16.8. The summed E-state index contributed by atoms with van der Waals surface area (Å²) >= 11 is 0. The van der Waals surface area contributed by atoms with E-state index in [-0.39, 0.29) is 5.54 Å². The Morgan fingerprint density at radius 2 is 1.56 bits per heavy atom. The topological polar surface area (TPSA) is 70.3 Å². The number of likely N-dealkylation sites (tertiary alicyclic amines) is 1. The van der Waals surface area contributed by atoms with Gasteiger partial charge in [0.2, 0.25) is 0 Å². The second-order valence-electron chi connectivity index (χ2n) is 9.53. The van der Waals surface area contributed by atoms with Gasteiger partial charge in [-0.1, -0.05) is 60.7 Å². The molecule has 0 saturated carbocycles. The molecule has 4 rings (SSSR count). The molecule has 1 aromatic heterocycles. The Balaban J connectivity index is 1.57. The Morgan fingerprint density at radius 3 is 2.09 bits per heavy atom. The van der Waals surface area contributed by atoms with Crippen LogP contribution in [-0.4, -0.2) is 39.5 Å². The number of nitrogens with two attached hydrogens (primary N) is 1. The van der Waals surface area contributed by atoms with Gasteiger partial charge in [-0.3, -0.25) is 4.90 Å². The minimum absolute atomic E-state index is 0.168. The molecule has 168 valence electrons. The zero-order chi connectivity index (χ0) is 22.6. The van der Waals surface area contributed by atoms with Gasteiger partial charge in [-0.2, -0.15) is 0 Å². The van der Waals surface area contributed by atoms with Gasteiger partial charge < -0.3 is 16.0 Å². The van der Waals surface area contributed by atoms with E-state index >= 15 is 0 Å². The summed E-state index contributed by atoms with van der Waals surface area (Å²) in [5.41, 5.74) is 9.85. The zero-order valence-electron chi connectivity index (χ0n) is 19.3. The highest BCUT2D eigenvalue weighted by molar-refractivity contribution is 5.75. The molecular weight excluding hydrogens is 396 g/mol. The molecule has 1 fully saturated rings. The van der Waals surface area contributed by atoms with Gasteiger partial charge in [0.1, 0.15) is 12.0 Å². The van der Waals surface area contributed by atoms with Crippen molar-refractivity contribution in [1.29, 1.82) is 0 Å². The third-order valence-electron chi connectivity index (χ3n) is 6.07. The summed E-state index contributed by atoms with van der Waals surface area (Å²) in [5, 5.41) is 3.59. The molecule has 0 amide bonds. The van der Waals surface area contributed by atoms with Crippen molar-refractivity contribution in [3.05, 3.63) is 78.1 Å². The van der Waals surface area contributed by atoms with Crippen molar-refractivity contribution < 1.29 is 0 Å². The van der Waals surface area contributed by atoms with Gasteiger partial charge in [0.15, 0.2) is 11.6 Å². The first-order chi connectivity index (χ1) is 15.4. The Hall–Kier alpha value is -3.12. The van der Waals surface area contributed by atoms with Crippen molar-refractivity contribution >= 4 is 17.3 Å². The van der Waals surface area contributed by atoms with E-state index in [4.69, 9.17) is 5.73 Å². The van der Waals surface area contributed by atoms with Gasteiger partial charge in [-0.25, -0.2) is 9.97 Å². The predicted octanol–water partition coefficient (Wildman–Crippen LogP) is 4.55. The van der Waals surface area contributed by atoms with Crippen molar-refractivity contribution in [2.75, 3.05) is 29.0 Å². The van der Waals surface area contributed by atoms with Crippen molar-refractivity contribution in [3.63, 3.8) is 0 Å². The van der Waals surface area contributed by atoms with Gasteiger partial charge in [0, 0.05) is 37.8 Å². The molecule has 1 aliphatic heterocycles. The molecule has 3 N–H and O–H groups in total. The van der Waals surface area contributed by atoms with E-state index in [9.17, 15) is 0 Å². The van der Waals surface area contributed by atoms with Crippen molar-refractivity contribution in [2.45, 2.75) is 51.9 Å². The monoisotopic (exact) mass is 430 g/mol. The largest absolute Gasteiger partial charge is 0.393 e. The fraction of sp³-hybridized carbons (Fsp3) is 0.385. The number of nitrogen functional groups attached to an aromatic ring is 1. The summed E-state index contributed by atoms with van der Waals surface area (Å²) < 4.78 is 0. The van der Waals surface area contributed by atoms with Crippen LogP contribution < -0.4 is 16.0 Å². The smallest absolute Gasteiger partial charge is 0.158 e. The Labute approximate surface area is 191 Å². The molecule has 0 bridgehead atoms. The van der Waals surface area contributed by atoms with Crippen LogP contribution in [0.25, 0.3) is 0 Å². The maximum atomic E-state index is 6.65. The average molecular weight is 431 g/mol. The van der Waals surface area contributed by atoms with Crippen LogP contribution in [0, 0.1) is 0 Å². The lowest BCUT2D eigenvalue weighted by Crippen LogP contribution is -2.40. The lowest BCUT2D eigenvalue weighted by molar-refractivity contribution is 0.174. The summed E-state index contributed by atoms with van der Waals surface area (Å²) in [6.45, 7) is 10.3. The maximum Gasteiger partial charge on any atom is 0.158 e. The fourth-order valence-corrected chi connectivity index (χ4v) is 4.25. The quantitative estimate of drug-likeness (QED) is 0.573. The van der Waals surface area contributed by atoms with Crippen LogP contribution in [0.4, 0.5) is 17.3 Å². The Bertz CT molecular complexity index is 958. The summed E-state index contributed by atoms with van der Waals surface area (Å²) in [7, 11) is 0. The van der Waals surface area contributed by atoms with E-state index in [0.29, 0.717) is 11.7 Å². The maximum absolute atomic E-state index is 6.65. The molecule has 1 aliphatic rings. The minimum atomic E-state index is 0.168. The molecule has 6 heteroatoms. The molecule has 32 heavy (non-hydrogen) atoms. The van der Waals surface area contributed by atoms with Crippen molar-refractivity contribution in [2.24, 2.45) is 0 Å². The van der Waals surface area contributed by atoms with E-state index in [1.54, 1.807) is 6.33 Å². The summed E-state index contributed by atoms with van der Waals surface area (Å²) in [5.74, 6) is 1.49. The third kappa shape index (κ3) is 5.37. The molecule has 6 nitrogen and oxygen atoms in total. The number of hydrogen-bond acceptors (Lipinski definition) is 6. The predicted molar refractivity (Wildman–Crippen MR) is 133 cm³/mol. The molecule has 2 heterocycles. The first kappa shape index (κ1) is 22.1. The van der Waals surface area contributed by atoms with Crippen LogP contribution in [0.5, 0.6) is 0 Å². The lowest BCUT2D eigenvalue weighted by Gasteiger charge is -2.31. The van der Waals surface area contributed by atoms with E-state index in [1.807, 2.05) is 12.1 Å². The molecule has 3 aromatic rings. The number of aromatic nitrogens is 2. The van der Waals surface area contributed by atoms with Crippen molar-refractivity contribution in [1.82, 2.24) is 14.9 Å². The van der Waals surface area contributed by atoms with E-state index in [2.05, 4.69) is 94.4 Å². The summed E-state index contributed by atoms with van der Waals surface area (Å²) in [6, 6.07) is 21.2. The van der Waals surface area contributed by atoms with Gasteiger partial charge >= 0.3 is 0 Å². The number of nitrogens with one attached hydrogen (secondary N) is 1. The number of anilines is 3. The van der Waals surface area contributed by atoms with E-state index in [1.165, 1.54) is 11.1 Å². The van der Waals surface area contributed by atoms with Gasteiger partial charge in [0.25, 0.3) is 0 Å². The molecule has 0 unspecified atom stereocenters. The highest BCUT2D eigenvalue weighted by Gasteiger charge is 2.30. The molecule has 0 aliphatic carbocycles. The van der Waals surface area contributed by atoms with Crippen LogP contribution in [0.1, 0.15) is 38.3 Å². The van der Waals surface area contributed by atoms with Crippen LogP contribution in [-0.2, 0) is 13.1 Å². The highest BCUT2D eigenvalue weighted by Crippen LogP contribution is 2.31. The summed E-state index contributed by atoms with van der Waals surface area (Å²) in [6.07, 6.45) is 2.70. The van der Waals surface area contributed by atoms with Gasteiger partial charge in [0.05, 0.1) is 0 Å². The molecule has 0 spiro atoms. The molecule has 1 saturated heterocycles. The standard InChI is InChI=1S/C26H34N6/c1-26(2,3)32-15-14-22(18-32)30-24-23(27)25(29-19-28-24)31(16-20-10-6-4-7-11-20)17-21-12-8-5-9-13-21/h4-13,19,22H,14-18,27H2,1-3H3,(H,28,29,30)/t22-/m1/s1. The molecule has 1 atom stereocenters. The lowest BCUT2D eigenvalue weighted by atomic mass is 10.1. The molecular formula is C26H34N6. The van der Waals surface area contributed by atoms with Crippen LogP contribution in [0.2, 0.25) is 0 Å². The second kappa shape index (κ2) is 9.57. The Morgan fingerprint density at radius 1 is 0.969 bits per heavy atom. The third-order valence-corrected chi connectivity index (χ3v) is 6.07. The minimum Gasteiger partial charge on any atom is -0.393 e. The zero-order valence-corrected chi connectivity index (χ0v) is 19.3. The SMILES string of the molecule is CC(C)(C)N1CC[C@@H](Nc2ncnc(N(Cc3ccccc3)Cc3ccccc3)c2N)C1.